The number of rotatable bonds is 10. The van der Waals surface area contributed by atoms with Crippen molar-refractivity contribution < 1.29 is 43.9 Å². The summed E-state index contributed by atoms with van der Waals surface area (Å²) in [5.41, 5.74) is -2.57. The summed E-state index contributed by atoms with van der Waals surface area (Å²) in [6, 6.07) is 0. The Morgan fingerprint density at radius 2 is 1.27 bits per heavy atom. The van der Waals surface area contributed by atoms with E-state index >= 15 is 0 Å². The standard InChI is InChI=1S/C32H46O9/c1-28(5-4-26(34)35)40-23(2-3-25(33)29-8-19-6-20(9-29)13-31(37,12-19)17-29)24(41-28)16-39-27(36)30-10-21-7-22(11-30)15-32(38,14-21)18-30/h19-24,37-38H,2-18H2,1H3,(H,34,35). The van der Waals surface area contributed by atoms with Gasteiger partial charge in [0.1, 0.15) is 18.5 Å². The minimum absolute atomic E-state index is 0.0229. The maximum absolute atomic E-state index is 13.7. The molecule has 0 aromatic rings. The Morgan fingerprint density at radius 1 is 0.756 bits per heavy atom. The molecule has 1 aliphatic heterocycles. The van der Waals surface area contributed by atoms with Gasteiger partial charge in [-0.1, -0.05) is 0 Å². The second-order valence-corrected chi connectivity index (χ2v) is 15.8. The lowest BCUT2D eigenvalue weighted by Gasteiger charge is -2.59. The zero-order valence-electron chi connectivity index (χ0n) is 24.3. The number of Topliss-reactive ketones (excluding diaryl/α,β-unsaturated/α-hetero) is 1. The van der Waals surface area contributed by atoms with Crippen molar-refractivity contribution in [3.05, 3.63) is 0 Å². The van der Waals surface area contributed by atoms with Crippen LogP contribution in [0, 0.1) is 34.5 Å². The molecule has 8 saturated carbocycles. The van der Waals surface area contributed by atoms with E-state index in [1.165, 1.54) is 0 Å². The number of carboxylic acids is 1. The van der Waals surface area contributed by atoms with Crippen molar-refractivity contribution in [2.45, 2.75) is 139 Å². The minimum Gasteiger partial charge on any atom is -0.481 e. The quantitative estimate of drug-likeness (QED) is 0.331. The fourth-order valence-electron chi connectivity index (χ4n) is 11.5. The first kappa shape index (κ1) is 28.2. The number of esters is 1. The molecule has 1 saturated heterocycles. The van der Waals surface area contributed by atoms with E-state index in [2.05, 4.69) is 0 Å². The molecule has 1 heterocycles. The van der Waals surface area contributed by atoms with Gasteiger partial charge in [-0.2, -0.15) is 0 Å². The third kappa shape index (κ3) is 5.06. The highest BCUT2D eigenvalue weighted by Crippen LogP contribution is 2.63. The lowest BCUT2D eigenvalue weighted by molar-refractivity contribution is -0.201. The van der Waals surface area contributed by atoms with Crippen LogP contribution in [0.4, 0.5) is 0 Å². The average molecular weight is 575 g/mol. The smallest absolute Gasteiger partial charge is 0.312 e. The summed E-state index contributed by atoms with van der Waals surface area (Å²) in [6.07, 6.45) is 9.23. The van der Waals surface area contributed by atoms with Crippen LogP contribution in [-0.4, -0.2) is 68.8 Å². The van der Waals surface area contributed by atoms with Crippen LogP contribution >= 0.6 is 0 Å². The zero-order chi connectivity index (χ0) is 28.8. The minimum atomic E-state index is -1.14. The van der Waals surface area contributed by atoms with Crippen LogP contribution in [0.25, 0.3) is 0 Å². The first-order chi connectivity index (χ1) is 19.3. The van der Waals surface area contributed by atoms with Crippen LogP contribution < -0.4 is 0 Å². The Hall–Kier alpha value is -1.55. The third-order valence-electron chi connectivity index (χ3n) is 12.1. The topological polar surface area (TPSA) is 140 Å². The Balaban J connectivity index is 1.02. The van der Waals surface area contributed by atoms with Gasteiger partial charge in [-0.3, -0.25) is 14.4 Å². The molecule has 9 nitrogen and oxygen atoms in total. The number of ketones is 1. The van der Waals surface area contributed by atoms with E-state index < -0.39 is 46.0 Å². The van der Waals surface area contributed by atoms with Crippen molar-refractivity contribution >= 4 is 17.7 Å². The fraction of sp³-hybridized carbons (Fsp3) is 0.906. The molecule has 0 aromatic heterocycles. The number of aliphatic hydroxyl groups is 2. The van der Waals surface area contributed by atoms with E-state index in [1.54, 1.807) is 6.92 Å². The molecular formula is C32H46O9. The number of hydrogen-bond donors (Lipinski definition) is 3. The van der Waals surface area contributed by atoms with Gasteiger partial charge in [0.05, 0.1) is 29.1 Å². The maximum Gasteiger partial charge on any atom is 0.312 e. The van der Waals surface area contributed by atoms with Crippen molar-refractivity contribution in [1.29, 1.82) is 0 Å². The molecule has 0 amide bonds. The number of carboxylic acid groups (broad SMARTS) is 1. The van der Waals surface area contributed by atoms with E-state index in [-0.39, 0.29) is 31.2 Å². The van der Waals surface area contributed by atoms with Gasteiger partial charge in [0.25, 0.3) is 0 Å². The molecule has 8 bridgehead atoms. The molecule has 9 heteroatoms. The van der Waals surface area contributed by atoms with Crippen molar-refractivity contribution in [3.8, 4) is 0 Å². The van der Waals surface area contributed by atoms with Crippen molar-refractivity contribution in [2.24, 2.45) is 34.5 Å². The van der Waals surface area contributed by atoms with Crippen molar-refractivity contribution in [1.82, 2.24) is 0 Å². The average Bonchev–Trinajstić information content (AvgIpc) is 3.17. The maximum atomic E-state index is 13.7. The van der Waals surface area contributed by atoms with Gasteiger partial charge in [0, 0.05) is 18.3 Å². The van der Waals surface area contributed by atoms with Crippen molar-refractivity contribution in [3.63, 3.8) is 0 Å². The van der Waals surface area contributed by atoms with E-state index in [4.69, 9.17) is 14.2 Å². The highest BCUT2D eigenvalue weighted by molar-refractivity contribution is 5.85. The van der Waals surface area contributed by atoms with Crippen LogP contribution in [0.2, 0.25) is 0 Å². The van der Waals surface area contributed by atoms with Crippen molar-refractivity contribution in [2.75, 3.05) is 6.61 Å². The Morgan fingerprint density at radius 3 is 1.80 bits per heavy atom. The molecule has 9 rings (SSSR count). The molecule has 9 aliphatic rings. The third-order valence-corrected chi connectivity index (χ3v) is 12.1. The van der Waals surface area contributed by atoms with E-state index in [0.717, 1.165) is 64.2 Å². The molecule has 8 aliphatic carbocycles. The molecule has 0 spiro atoms. The molecule has 9 fully saturated rings. The van der Waals surface area contributed by atoms with E-state index in [0.29, 0.717) is 49.4 Å². The number of hydrogen-bond acceptors (Lipinski definition) is 8. The number of ether oxygens (including phenoxy) is 3. The summed E-state index contributed by atoms with van der Waals surface area (Å²) < 4.78 is 18.5. The largest absolute Gasteiger partial charge is 0.481 e. The molecular weight excluding hydrogens is 528 g/mol. The molecule has 0 aromatic carbocycles. The monoisotopic (exact) mass is 574 g/mol. The second kappa shape index (κ2) is 9.47. The van der Waals surface area contributed by atoms with E-state index in [1.807, 2.05) is 0 Å². The zero-order valence-corrected chi connectivity index (χ0v) is 24.3. The van der Waals surface area contributed by atoms with Crippen LogP contribution in [0.1, 0.15) is 110 Å². The van der Waals surface area contributed by atoms with Gasteiger partial charge in [0.15, 0.2) is 5.79 Å². The predicted octanol–water partition coefficient (Wildman–Crippen LogP) is 3.91. The van der Waals surface area contributed by atoms with Gasteiger partial charge in [-0.15, -0.1) is 0 Å². The second-order valence-electron chi connectivity index (χ2n) is 15.8. The SMILES string of the molecule is CC1(CCC(=O)O)OC(CCC(=O)C23CC4CC(CC(O)(C4)C2)C3)C(COC(=O)C23CC4CC(CC(O)(C4)C2)C3)O1. The Bertz CT molecular complexity index is 1010. The first-order valence-electron chi connectivity index (χ1n) is 16.0. The van der Waals surface area contributed by atoms with Gasteiger partial charge in [0.2, 0.25) is 0 Å². The van der Waals surface area contributed by atoms with Crippen LogP contribution in [-0.2, 0) is 28.6 Å². The molecule has 41 heavy (non-hydrogen) atoms. The molecule has 228 valence electrons. The van der Waals surface area contributed by atoms with Crippen LogP contribution in [0.3, 0.4) is 0 Å². The molecule has 0 radical (unpaired) electrons. The number of carbonyl (C=O) groups is 3. The summed E-state index contributed by atoms with van der Waals surface area (Å²) in [6.45, 7) is 1.70. The lowest BCUT2D eigenvalue weighted by Crippen LogP contribution is -2.58. The van der Waals surface area contributed by atoms with Gasteiger partial charge in [-0.05, 0) is 114 Å². The first-order valence-corrected chi connectivity index (χ1v) is 16.0. The normalized spacial score (nSPS) is 50.8. The molecule has 3 N–H and O–H groups in total. The summed E-state index contributed by atoms with van der Waals surface area (Å²) in [5.74, 6) is -0.610. The van der Waals surface area contributed by atoms with E-state index in [9.17, 15) is 29.7 Å². The molecule has 7 unspecified atom stereocenters. The summed E-state index contributed by atoms with van der Waals surface area (Å²) >= 11 is 0. The Kier molecular flexibility index (Phi) is 6.52. The summed E-state index contributed by atoms with van der Waals surface area (Å²) in [7, 11) is 0. The van der Waals surface area contributed by atoms with Crippen LogP contribution in [0.15, 0.2) is 0 Å². The highest BCUT2D eigenvalue weighted by atomic mass is 16.8. The van der Waals surface area contributed by atoms with Gasteiger partial charge >= 0.3 is 11.9 Å². The number of aliphatic carboxylic acids is 1. The van der Waals surface area contributed by atoms with Gasteiger partial charge in [-0.25, -0.2) is 0 Å². The lowest BCUT2D eigenvalue weighted by atomic mass is 9.46. The van der Waals surface area contributed by atoms with Gasteiger partial charge < -0.3 is 29.5 Å². The molecule has 7 atom stereocenters. The predicted molar refractivity (Wildman–Crippen MR) is 144 cm³/mol. The summed E-state index contributed by atoms with van der Waals surface area (Å²) in [5, 5.41) is 31.5. The highest BCUT2D eigenvalue weighted by Gasteiger charge is 2.62. The Labute approximate surface area is 241 Å². The summed E-state index contributed by atoms with van der Waals surface area (Å²) in [4.78, 5) is 38.6. The fourth-order valence-corrected chi connectivity index (χ4v) is 11.5. The van der Waals surface area contributed by atoms with Crippen LogP contribution in [0.5, 0.6) is 0 Å². The number of carbonyl (C=O) groups excluding carboxylic acids is 2.